The van der Waals surface area contributed by atoms with Gasteiger partial charge >= 0.3 is 5.97 Å². The van der Waals surface area contributed by atoms with Crippen molar-refractivity contribution in [3.8, 4) is 0 Å². The fourth-order valence-electron chi connectivity index (χ4n) is 4.56. The molecule has 3 rings (SSSR count). The zero-order chi connectivity index (χ0) is 21.7. The van der Waals surface area contributed by atoms with Gasteiger partial charge in [-0.3, -0.25) is 4.79 Å². The van der Waals surface area contributed by atoms with Gasteiger partial charge in [0.2, 0.25) is 0 Å². The molecule has 1 aliphatic rings. The first-order valence-corrected chi connectivity index (χ1v) is 11.0. The minimum Gasteiger partial charge on any atom is -0.466 e. The Morgan fingerprint density at radius 1 is 1.27 bits per heavy atom. The van der Waals surface area contributed by atoms with E-state index < -0.39 is 5.82 Å². The predicted molar refractivity (Wildman–Crippen MR) is 120 cm³/mol. The average Bonchev–Trinajstić information content (AvgIpc) is 2.71. The van der Waals surface area contributed by atoms with Crippen molar-refractivity contribution in [1.82, 2.24) is 5.32 Å². The summed E-state index contributed by atoms with van der Waals surface area (Å²) in [5.41, 5.74) is 2.84. The molecule has 0 aromatic heterocycles. The van der Waals surface area contributed by atoms with Crippen LogP contribution in [0.25, 0.3) is 0 Å². The van der Waals surface area contributed by atoms with Crippen molar-refractivity contribution in [2.45, 2.75) is 57.5 Å². The van der Waals surface area contributed by atoms with E-state index in [0.717, 1.165) is 35.9 Å². The third kappa shape index (κ3) is 5.64. The second kappa shape index (κ2) is 10.5. The average molecular weight is 428 g/mol. The van der Waals surface area contributed by atoms with Gasteiger partial charge in [0.05, 0.1) is 11.6 Å². The minimum atomic E-state index is -0.432. The van der Waals surface area contributed by atoms with E-state index in [1.54, 1.807) is 12.1 Å². The summed E-state index contributed by atoms with van der Waals surface area (Å²) >= 11 is 6.10. The third-order valence-electron chi connectivity index (χ3n) is 5.99. The monoisotopic (exact) mass is 427 g/mol. The van der Waals surface area contributed by atoms with Crippen LogP contribution in [0.4, 0.5) is 4.39 Å². The van der Waals surface area contributed by atoms with Gasteiger partial charge in [-0.05, 0) is 55.9 Å². The number of hydrogen-bond donors (Lipinski definition) is 1. The van der Waals surface area contributed by atoms with E-state index in [1.807, 2.05) is 31.2 Å². The standard InChI is InChI=1S/C24H28BClFNO2/c1-3-30-23(29)14-17-5-4-6-22(24(17)18-9-12-21(27)20(26)13-18)28-15(2)16-7-10-19(25)11-8-16/h7-13,15,17,22,24,28H,3-6,14H2,1-2H3/t15-,17?,22?,24?/m0/s1. The van der Waals surface area contributed by atoms with Crippen molar-refractivity contribution in [3.05, 3.63) is 64.4 Å². The molecule has 1 saturated carbocycles. The summed E-state index contributed by atoms with van der Waals surface area (Å²) < 4.78 is 19.0. The van der Waals surface area contributed by atoms with Crippen molar-refractivity contribution >= 4 is 30.9 Å². The van der Waals surface area contributed by atoms with Crippen LogP contribution in [0.2, 0.25) is 5.02 Å². The summed E-state index contributed by atoms with van der Waals surface area (Å²) in [5.74, 6) is -0.473. The molecule has 0 spiro atoms. The quantitative estimate of drug-likeness (QED) is 0.508. The van der Waals surface area contributed by atoms with Gasteiger partial charge in [-0.15, -0.1) is 0 Å². The fraction of sp³-hybridized carbons (Fsp3) is 0.458. The normalized spacial score (nSPS) is 22.5. The molecule has 2 aromatic carbocycles. The third-order valence-corrected chi connectivity index (χ3v) is 6.28. The van der Waals surface area contributed by atoms with Crippen molar-refractivity contribution < 1.29 is 13.9 Å². The fourth-order valence-corrected chi connectivity index (χ4v) is 4.75. The van der Waals surface area contributed by atoms with Gasteiger partial charge in [0.25, 0.3) is 0 Å². The first-order chi connectivity index (χ1) is 14.4. The van der Waals surface area contributed by atoms with E-state index in [2.05, 4.69) is 12.2 Å². The molecular weight excluding hydrogens is 400 g/mol. The maximum atomic E-state index is 13.8. The lowest BCUT2D eigenvalue weighted by Gasteiger charge is -2.40. The van der Waals surface area contributed by atoms with Crippen LogP contribution in [-0.4, -0.2) is 26.5 Å². The lowest BCUT2D eigenvalue weighted by Crippen LogP contribution is -2.43. The summed E-state index contributed by atoms with van der Waals surface area (Å²) in [7, 11) is 5.82. The molecule has 2 radical (unpaired) electrons. The maximum absolute atomic E-state index is 13.8. The topological polar surface area (TPSA) is 38.3 Å². The number of carbonyl (C=O) groups is 1. The number of carbonyl (C=O) groups excluding carboxylic acids is 1. The Hall–Kier alpha value is -1.85. The Morgan fingerprint density at radius 3 is 2.67 bits per heavy atom. The zero-order valence-electron chi connectivity index (χ0n) is 17.5. The van der Waals surface area contributed by atoms with E-state index in [9.17, 15) is 9.18 Å². The van der Waals surface area contributed by atoms with Crippen LogP contribution in [0, 0.1) is 11.7 Å². The molecule has 0 amide bonds. The molecule has 6 heteroatoms. The van der Waals surface area contributed by atoms with Crippen molar-refractivity contribution in [2.24, 2.45) is 5.92 Å². The number of nitrogens with one attached hydrogen (secondary N) is 1. The lowest BCUT2D eigenvalue weighted by atomic mass is 9.70. The molecule has 3 unspecified atom stereocenters. The summed E-state index contributed by atoms with van der Waals surface area (Å²) in [4.78, 5) is 12.3. The molecule has 0 heterocycles. The zero-order valence-corrected chi connectivity index (χ0v) is 18.3. The highest BCUT2D eigenvalue weighted by Crippen LogP contribution is 2.41. The maximum Gasteiger partial charge on any atom is 0.306 e. The number of benzene rings is 2. The SMILES string of the molecule is [B]c1ccc([C@H](C)NC2CCCC(CC(=O)OCC)C2c2ccc(F)c(Cl)c2)cc1. The van der Waals surface area contributed by atoms with Crippen LogP contribution < -0.4 is 10.8 Å². The first-order valence-electron chi connectivity index (χ1n) is 10.6. The van der Waals surface area contributed by atoms with Crippen LogP contribution in [0.1, 0.15) is 62.6 Å². The van der Waals surface area contributed by atoms with Gasteiger partial charge in [0, 0.05) is 24.4 Å². The molecule has 0 saturated heterocycles. The Labute approximate surface area is 184 Å². The Balaban J connectivity index is 1.87. The summed E-state index contributed by atoms with van der Waals surface area (Å²) in [6, 6.07) is 13.0. The van der Waals surface area contributed by atoms with Gasteiger partial charge in [-0.2, -0.15) is 0 Å². The first kappa shape index (κ1) is 22.8. The summed E-state index contributed by atoms with van der Waals surface area (Å²) in [6.45, 7) is 4.30. The lowest BCUT2D eigenvalue weighted by molar-refractivity contribution is -0.144. The number of esters is 1. The van der Waals surface area contributed by atoms with Crippen LogP contribution >= 0.6 is 11.6 Å². The Kier molecular flexibility index (Phi) is 7.96. The summed E-state index contributed by atoms with van der Waals surface area (Å²) in [5, 5.41) is 3.85. The van der Waals surface area contributed by atoms with Gasteiger partial charge < -0.3 is 10.1 Å². The van der Waals surface area contributed by atoms with Crippen LogP contribution in [0.5, 0.6) is 0 Å². The number of halogens is 2. The van der Waals surface area contributed by atoms with Crippen molar-refractivity contribution in [3.63, 3.8) is 0 Å². The van der Waals surface area contributed by atoms with E-state index in [0.29, 0.717) is 13.0 Å². The highest BCUT2D eigenvalue weighted by Gasteiger charge is 2.36. The van der Waals surface area contributed by atoms with E-state index in [1.165, 1.54) is 6.07 Å². The van der Waals surface area contributed by atoms with Crippen LogP contribution in [-0.2, 0) is 9.53 Å². The highest BCUT2D eigenvalue weighted by atomic mass is 35.5. The van der Waals surface area contributed by atoms with Crippen LogP contribution in [0.15, 0.2) is 42.5 Å². The molecular formula is C24H28BClFNO2. The summed E-state index contributed by atoms with van der Waals surface area (Å²) in [6.07, 6.45) is 3.26. The van der Waals surface area contributed by atoms with E-state index >= 15 is 0 Å². The number of ether oxygens (including phenoxy) is 1. The minimum absolute atomic E-state index is 0.0393. The van der Waals surface area contributed by atoms with Gasteiger partial charge in [-0.25, -0.2) is 4.39 Å². The highest BCUT2D eigenvalue weighted by molar-refractivity contribution is 6.32. The van der Waals surface area contributed by atoms with Gasteiger partial charge in [0.1, 0.15) is 13.7 Å². The van der Waals surface area contributed by atoms with Gasteiger partial charge in [0.15, 0.2) is 0 Å². The Bertz CT molecular complexity index is 861. The molecule has 30 heavy (non-hydrogen) atoms. The van der Waals surface area contributed by atoms with Crippen molar-refractivity contribution in [1.29, 1.82) is 0 Å². The number of rotatable bonds is 7. The van der Waals surface area contributed by atoms with Crippen LogP contribution in [0.3, 0.4) is 0 Å². The number of hydrogen-bond acceptors (Lipinski definition) is 3. The molecule has 1 N–H and O–H groups in total. The second-order valence-corrected chi connectivity index (χ2v) is 8.47. The molecule has 0 bridgehead atoms. The predicted octanol–water partition coefficient (Wildman–Crippen LogP) is 4.83. The molecule has 3 nitrogen and oxygen atoms in total. The molecule has 4 atom stereocenters. The molecule has 158 valence electrons. The molecule has 2 aromatic rings. The Morgan fingerprint density at radius 2 is 2.00 bits per heavy atom. The molecule has 0 aliphatic heterocycles. The van der Waals surface area contributed by atoms with E-state index in [-0.39, 0.29) is 34.9 Å². The van der Waals surface area contributed by atoms with E-state index in [4.69, 9.17) is 24.2 Å². The van der Waals surface area contributed by atoms with Gasteiger partial charge in [-0.1, -0.05) is 53.8 Å². The van der Waals surface area contributed by atoms with Crippen molar-refractivity contribution in [2.75, 3.05) is 6.61 Å². The largest absolute Gasteiger partial charge is 0.466 e. The second-order valence-electron chi connectivity index (χ2n) is 8.06. The smallest absolute Gasteiger partial charge is 0.306 e. The molecule has 1 aliphatic carbocycles. The molecule has 1 fully saturated rings.